The van der Waals surface area contributed by atoms with E-state index < -0.39 is 0 Å². The Hall–Kier alpha value is -2.44. The summed E-state index contributed by atoms with van der Waals surface area (Å²) in [6, 6.07) is 0. The largest absolute Gasteiger partial charge is 0.357 e. The third kappa shape index (κ3) is 1.44. The number of imidazole rings is 1. The van der Waals surface area contributed by atoms with E-state index in [4.69, 9.17) is 0 Å². The van der Waals surface area contributed by atoms with Crippen molar-refractivity contribution in [2.45, 2.75) is 13.8 Å². The SMILES string of the molecule is CNc1nc(-n2cnc(C)c2C)c2cn[nH]c2n1. The van der Waals surface area contributed by atoms with Crippen molar-refractivity contribution in [3.05, 3.63) is 23.9 Å². The molecule has 0 bridgehead atoms. The topological polar surface area (TPSA) is 84.3 Å². The highest BCUT2D eigenvalue weighted by atomic mass is 15.2. The van der Waals surface area contributed by atoms with Crippen LogP contribution < -0.4 is 5.32 Å². The molecule has 0 saturated carbocycles. The van der Waals surface area contributed by atoms with Gasteiger partial charge in [-0.15, -0.1) is 0 Å². The van der Waals surface area contributed by atoms with Crippen LogP contribution in [0.25, 0.3) is 16.9 Å². The Morgan fingerprint density at radius 3 is 2.78 bits per heavy atom. The van der Waals surface area contributed by atoms with E-state index in [1.54, 1.807) is 19.6 Å². The molecule has 0 spiro atoms. The van der Waals surface area contributed by atoms with Crippen molar-refractivity contribution in [3.8, 4) is 5.82 Å². The molecule has 92 valence electrons. The Bertz CT molecular complexity index is 709. The first-order valence-corrected chi connectivity index (χ1v) is 5.60. The smallest absolute Gasteiger partial charge is 0.226 e. The highest BCUT2D eigenvalue weighted by Crippen LogP contribution is 2.21. The van der Waals surface area contributed by atoms with Crippen LogP contribution in [0.15, 0.2) is 12.5 Å². The standard InChI is InChI=1S/C11H13N7/c1-6-7(2)18(5-13-6)10-8-4-14-17-9(8)15-11(12-3)16-10/h4-5H,1-3H3,(H2,12,14,15,16,17). The van der Waals surface area contributed by atoms with Crippen LogP contribution in [-0.4, -0.2) is 36.8 Å². The second kappa shape index (κ2) is 3.80. The molecule has 2 N–H and O–H groups in total. The molecular formula is C11H13N7. The Balaban J connectivity index is 2.33. The molecule has 3 heterocycles. The number of anilines is 1. The first-order valence-electron chi connectivity index (χ1n) is 5.60. The van der Waals surface area contributed by atoms with Gasteiger partial charge >= 0.3 is 0 Å². The van der Waals surface area contributed by atoms with E-state index in [-0.39, 0.29) is 0 Å². The molecule has 0 amide bonds. The van der Waals surface area contributed by atoms with Gasteiger partial charge in [-0.1, -0.05) is 0 Å². The normalized spacial score (nSPS) is 11.1. The lowest BCUT2D eigenvalue weighted by Gasteiger charge is -2.07. The fourth-order valence-corrected chi connectivity index (χ4v) is 1.83. The molecule has 0 unspecified atom stereocenters. The molecule has 18 heavy (non-hydrogen) atoms. The zero-order valence-corrected chi connectivity index (χ0v) is 10.4. The number of hydrogen-bond donors (Lipinski definition) is 2. The molecule has 7 heteroatoms. The molecule has 0 aliphatic heterocycles. The van der Waals surface area contributed by atoms with Crippen molar-refractivity contribution in [2.75, 3.05) is 12.4 Å². The third-order valence-electron chi connectivity index (χ3n) is 2.99. The van der Waals surface area contributed by atoms with Gasteiger partial charge in [0, 0.05) is 12.7 Å². The number of aromatic amines is 1. The molecule has 0 aromatic carbocycles. The van der Waals surface area contributed by atoms with Gasteiger partial charge in [-0.25, -0.2) is 4.98 Å². The summed E-state index contributed by atoms with van der Waals surface area (Å²) >= 11 is 0. The van der Waals surface area contributed by atoms with Crippen LogP contribution in [0.4, 0.5) is 5.95 Å². The van der Waals surface area contributed by atoms with Crippen molar-refractivity contribution in [2.24, 2.45) is 0 Å². The maximum absolute atomic E-state index is 4.48. The van der Waals surface area contributed by atoms with Crippen LogP contribution in [0.1, 0.15) is 11.4 Å². The minimum Gasteiger partial charge on any atom is -0.357 e. The molecule has 3 aromatic rings. The lowest BCUT2D eigenvalue weighted by Crippen LogP contribution is -2.04. The number of aromatic nitrogens is 6. The fourth-order valence-electron chi connectivity index (χ4n) is 1.83. The van der Waals surface area contributed by atoms with Gasteiger partial charge < -0.3 is 5.32 Å². The lowest BCUT2D eigenvalue weighted by molar-refractivity contribution is 0.953. The maximum atomic E-state index is 4.48. The molecule has 0 saturated heterocycles. The quantitative estimate of drug-likeness (QED) is 0.706. The van der Waals surface area contributed by atoms with Gasteiger partial charge in [-0.2, -0.15) is 15.1 Å². The van der Waals surface area contributed by atoms with E-state index in [0.29, 0.717) is 11.6 Å². The number of nitrogens with one attached hydrogen (secondary N) is 2. The van der Waals surface area contributed by atoms with E-state index >= 15 is 0 Å². The summed E-state index contributed by atoms with van der Waals surface area (Å²) in [5.41, 5.74) is 2.74. The van der Waals surface area contributed by atoms with Crippen molar-refractivity contribution in [3.63, 3.8) is 0 Å². The fraction of sp³-hybridized carbons (Fsp3) is 0.273. The van der Waals surface area contributed by atoms with Crippen LogP contribution in [0.2, 0.25) is 0 Å². The first kappa shape index (κ1) is 10.7. The highest BCUT2D eigenvalue weighted by molar-refractivity contribution is 5.82. The Morgan fingerprint density at radius 2 is 2.11 bits per heavy atom. The van der Waals surface area contributed by atoms with Gasteiger partial charge in [0.2, 0.25) is 5.95 Å². The van der Waals surface area contributed by atoms with Gasteiger partial charge in [0.1, 0.15) is 6.33 Å². The minimum absolute atomic E-state index is 0.549. The van der Waals surface area contributed by atoms with E-state index in [9.17, 15) is 0 Å². The van der Waals surface area contributed by atoms with E-state index in [0.717, 1.165) is 22.6 Å². The average Bonchev–Trinajstić information content (AvgIpc) is 2.97. The highest BCUT2D eigenvalue weighted by Gasteiger charge is 2.13. The lowest BCUT2D eigenvalue weighted by atomic mass is 10.3. The molecule has 0 aliphatic carbocycles. The Morgan fingerprint density at radius 1 is 1.28 bits per heavy atom. The number of fused-ring (bicyclic) bond motifs is 1. The second-order valence-electron chi connectivity index (χ2n) is 4.04. The van der Waals surface area contributed by atoms with E-state index in [2.05, 4.69) is 30.5 Å². The molecular weight excluding hydrogens is 230 g/mol. The summed E-state index contributed by atoms with van der Waals surface area (Å²) < 4.78 is 1.94. The minimum atomic E-state index is 0.549. The molecule has 0 aliphatic rings. The second-order valence-corrected chi connectivity index (χ2v) is 4.04. The summed E-state index contributed by atoms with van der Waals surface area (Å²) in [7, 11) is 1.79. The third-order valence-corrected chi connectivity index (χ3v) is 2.99. The summed E-state index contributed by atoms with van der Waals surface area (Å²) in [5.74, 6) is 1.32. The van der Waals surface area contributed by atoms with Crippen LogP contribution in [0.5, 0.6) is 0 Å². The van der Waals surface area contributed by atoms with Gasteiger partial charge in [-0.05, 0) is 13.8 Å². The number of aryl methyl sites for hydroxylation is 1. The van der Waals surface area contributed by atoms with E-state index in [1.165, 1.54) is 0 Å². The van der Waals surface area contributed by atoms with Gasteiger partial charge in [0.15, 0.2) is 11.5 Å². The van der Waals surface area contributed by atoms with Crippen molar-refractivity contribution >= 4 is 17.0 Å². The van der Waals surface area contributed by atoms with Crippen LogP contribution in [0, 0.1) is 13.8 Å². The predicted octanol–water partition coefficient (Wildman–Crippen LogP) is 1.20. The molecule has 0 radical (unpaired) electrons. The number of hydrogen-bond acceptors (Lipinski definition) is 5. The van der Waals surface area contributed by atoms with Gasteiger partial charge in [0.05, 0.1) is 17.3 Å². The summed E-state index contributed by atoms with van der Waals surface area (Å²) in [4.78, 5) is 13.1. The summed E-state index contributed by atoms with van der Waals surface area (Å²) in [5, 5.41) is 10.7. The average molecular weight is 243 g/mol. The zero-order valence-electron chi connectivity index (χ0n) is 10.4. The first-order chi connectivity index (χ1) is 8.70. The number of nitrogens with zero attached hydrogens (tertiary/aromatic N) is 5. The predicted molar refractivity (Wildman–Crippen MR) is 67.8 cm³/mol. The Kier molecular flexibility index (Phi) is 2.26. The van der Waals surface area contributed by atoms with Crippen LogP contribution in [-0.2, 0) is 0 Å². The summed E-state index contributed by atoms with van der Waals surface area (Å²) in [6.45, 7) is 3.98. The zero-order chi connectivity index (χ0) is 12.7. The molecule has 3 rings (SSSR count). The monoisotopic (exact) mass is 243 g/mol. The molecule has 0 fully saturated rings. The van der Waals surface area contributed by atoms with Crippen molar-refractivity contribution < 1.29 is 0 Å². The van der Waals surface area contributed by atoms with Crippen molar-refractivity contribution in [1.29, 1.82) is 0 Å². The number of H-pyrrole nitrogens is 1. The Labute approximate surface area is 103 Å². The molecule has 0 atom stereocenters. The van der Waals surface area contributed by atoms with Gasteiger partial charge in [0.25, 0.3) is 0 Å². The van der Waals surface area contributed by atoms with Gasteiger partial charge in [-0.3, -0.25) is 9.67 Å². The van der Waals surface area contributed by atoms with E-state index in [1.807, 2.05) is 18.4 Å². The van der Waals surface area contributed by atoms with Crippen LogP contribution >= 0.6 is 0 Å². The van der Waals surface area contributed by atoms with Crippen LogP contribution in [0.3, 0.4) is 0 Å². The summed E-state index contributed by atoms with van der Waals surface area (Å²) in [6.07, 6.45) is 3.48. The molecule has 7 nitrogen and oxygen atoms in total. The van der Waals surface area contributed by atoms with Crippen molar-refractivity contribution in [1.82, 2.24) is 29.7 Å². The maximum Gasteiger partial charge on any atom is 0.226 e. The molecule has 3 aromatic heterocycles. The number of rotatable bonds is 2.